The van der Waals surface area contributed by atoms with Gasteiger partial charge in [-0.3, -0.25) is 14.9 Å². The number of rotatable bonds is 5. The van der Waals surface area contributed by atoms with Crippen molar-refractivity contribution >= 4 is 12.0 Å². The molecular weight excluding hydrogens is 214 g/mol. The first-order valence-electron chi connectivity index (χ1n) is 4.52. The number of ether oxygens (including phenoxy) is 2. The fourth-order valence-corrected chi connectivity index (χ4v) is 1.12. The van der Waals surface area contributed by atoms with E-state index in [1.54, 1.807) is 6.92 Å². The molecule has 0 aromatic heterocycles. The van der Waals surface area contributed by atoms with Crippen LogP contribution in [0.5, 0.6) is 5.75 Å². The van der Waals surface area contributed by atoms with Crippen LogP contribution in [-0.2, 0) is 4.74 Å². The van der Waals surface area contributed by atoms with Crippen LogP contribution in [0.15, 0.2) is 18.2 Å². The summed E-state index contributed by atoms with van der Waals surface area (Å²) >= 11 is 0. The molecule has 0 saturated carbocycles. The topological polar surface area (TPSA) is 78.7 Å². The minimum absolute atomic E-state index is 0.0724. The van der Waals surface area contributed by atoms with Crippen molar-refractivity contribution in [3.63, 3.8) is 0 Å². The van der Waals surface area contributed by atoms with Crippen LogP contribution in [0.4, 0.5) is 5.69 Å². The minimum atomic E-state index is -0.667. The maximum Gasteiger partial charge on any atom is 0.311 e. The second-order valence-electron chi connectivity index (χ2n) is 2.99. The standard InChI is InChI=1S/C10H11NO5/c1-7(15-2)16-10-8(6-12)4-3-5-9(10)11(13)14/h3-7H,1-2H3. The summed E-state index contributed by atoms with van der Waals surface area (Å²) < 4.78 is 10.0. The summed E-state index contributed by atoms with van der Waals surface area (Å²) in [5.41, 5.74) is -0.133. The highest BCUT2D eigenvalue weighted by Gasteiger charge is 2.20. The average Bonchev–Trinajstić information content (AvgIpc) is 2.28. The molecule has 0 heterocycles. The quantitative estimate of drug-likeness (QED) is 0.330. The van der Waals surface area contributed by atoms with E-state index in [0.717, 1.165) is 0 Å². The second-order valence-corrected chi connectivity index (χ2v) is 2.99. The number of nitro groups is 1. The predicted molar refractivity (Wildman–Crippen MR) is 55.6 cm³/mol. The van der Waals surface area contributed by atoms with E-state index in [0.29, 0.717) is 6.29 Å². The van der Waals surface area contributed by atoms with Gasteiger partial charge in [0.1, 0.15) is 0 Å². The zero-order valence-electron chi connectivity index (χ0n) is 8.88. The van der Waals surface area contributed by atoms with Gasteiger partial charge in [-0.25, -0.2) is 0 Å². The van der Waals surface area contributed by atoms with Gasteiger partial charge in [0.15, 0.2) is 12.6 Å². The fraction of sp³-hybridized carbons (Fsp3) is 0.300. The lowest BCUT2D eigenvalue weighted by Crippen LogP contribution is -2.15. The first-order chi connectivity index (χ1) is 7.60. The highest BCUT2D eigenvalue weighted by Crippen LogP contribution is 2.30. The van der Waals surface area contributed by atoms with Gasteiger partial charge in [-0.1, -0.05) is 6.07 Å². The summed E-state index contributed by atoms with van der Waals surface area (Å²) in [6, 6.07) is 4.13. The van der Waals surface area contributed by atoms with E-state index in [1.807, 2.05) is 0 Å². The molecule has 0 aliphatic heterocycles. The van der Waals surface area contributed by atoms with E-state index in [2.05, 4.69) is 0 Å². The predicted octanol–water partition coefficient (Wildman–Crippen LogP) is 1.78. The van der Waals surface area contributed by atoms with Crippen LogP contribution in [0.3, 0.4) is 0 Å². The van der Waals surface area contributed by atoms with Crippen molar-refractivity contribution in [2.45, 2.75) is 13.2 Å². The summed E-state index contributed by atoms with van der Waals surface area (Å²) in [5.74, 6) is -0.0724. The van der Waals surface area contributed by atoms with E-state index in [4.69, 9.17) is 9.47 Å². The van der Waals surface area contributed by atoms with Crippen LogP contribution in [0.2, 0.25) is 0 Å². The number of hydrogen-bond donors (Lipinski definition) is 0. The Balaban J connectivity index is 3.19. The molecule has 1 atom stereocenters. The fourth-order valence-electron chi connectivity index (χ4n) is 1.12. The van der Waals surface area contributed by atoms with E-state index in [9.17, 15) is 14.9 Å². The van der Waals surface area contributed by atoms with Crippen molar-refractivity contribution in [1.82, 2.24) is 0 Å². The van der Waals surface area contributed by atoms with Crippen molar-refractivity contribution in [3.05, 3.63) is 33.9 Å². The van der Waals surface area contributed by atoms with Crippen LogP contribution < -0.4 is 4.74 Å². The molecule has 0 amide bonds. The third kappa shape index (κ3) is 2.54. The summed E-state index contributed by atoms with van der Waals surface area (Å²) in [6.45, 7) is 1.57. The van der Waals surface area contributed by atoms with Crippen molar-refractivity contribution in [3.8, 4) is 5.75 Å². The first kappa shape index (κ1) is 12.1. The molecule has 6 nitrogen and oxygen atoms in total. The second kappa shape index (κ2) is 5.22. The Morgan fingerprint density at radius 2 is 2.19 bits per heavy atom. The van der Waals surface area contributed by atoms with Crippen molar-refractivity contribution in [2.24, 2.45) is 0 Å². The third-order valence-electron chi connectivity index (χ3n) is 1.96. The Labute approximate surface area is 91.9 Å². The number of carbonyl (C=O) groups is 1. The number of aldehydes is 1. The molecule has 1 aromatic rings. The first-order valence-corrected chi connectivity index (χ1v) is 4.52. The highest BCUT2D eigenvalue weighted by atomic mass is 16.7. The number of para-hydroxylation sites is 1. The number of methoxy groups -OCH3 is 1. The lowest BCUT2D eigenvalue weighted by atomic mass is 10.2. The monoisotopic (exact) mass is 225 g/mol. The van der Waals surface area contributed by atoms with Gasteiger partial charge in [-0.15, -0.1) is 0 Å². The summed E-state index contributed by atoms with van der Waals surface area (Å²) in [6.07, 6.45) is -0.162. The Kier molecular flexibility index (Phi) is 3.96. The number of carbonyl (C=O) groups excluding carboxylic acids is 1. The Bertz CT molecular complexity index is 404. The summed E-state index contributed by atoms with van der Waals surface area (Å²) in [4.78, 5) is 20.9. The van der Waals surface area contributed by atoms with E-state index in [-0.39, 0.29) is 17.0 Å². The molecule has 0 aliphatic carbocycles. The molecule has 0 bridgehead atoms. The molecule has 1 unspecified atom stereocenters. The number of nitrogens with zero attached hydrogens (tertiary/aromatic N) is 1. The molecular formula is C10H11NO5. The zero-order chi connectivity index (χ0) is 12.1. The summed E-state index contributed by atoms with van der Waals surface area (Å²) in [5, 5.41) is 10.7. The lowest BCUT2D eigenvalue weighted by Gasteiger charge is -2.13. The van der Waals surface area contributed by atoms with Gasteiger partial charge in [0.2, 0.25) is 5.75 Å². The number of hydrogen-bond acceptors (Lipinski definition) is 5. The van der Waals surface area contributed by atoms with Crippen LogP contribution in [0, 0.1) is 10.1 Å². The Hall–Kier alpha value is -1.95. The molecule has 16 heavy (non-hydrogen) atoms. The molecule has 0 radical (unpaired) electrons. The smallest absolute Gasteiger partial charge is 0.311 e. The number of benzene rings is 1. The Morgan fingerprint density at radius 3 is 2.69 bits per heavy atom. The maximum atomic E-state index is 10.7. The minimum Gasteiger partial charge on any atom is -0.457 e. The van der Waals surface area contributed by atoms with Crippen LogP contribution in [0.1, 0.15) is 17.3 Å². The van der Waals surface area contributed by atoms with Gasteiger partial charge in [-0.2, -0.15) is 0 Å². The highest BCUT2D eigenvalue weighted by molar-refractivity contribution is 5.82. The summed E-state index contributed by atoms with van der Waals surface area (Å²) in [7, 11) is 1.40. The van der Waals surface area contributed by atoms with Gasteiger partial charge in [-0.05, 0) is 13.0 Å². The molecule has 1 rings (SSSR count). The lowest BCUT2D eigenvalue weighted by molar-refractivity contribution is -0.386. The molecule has 0 aliphatic rings. The normalized spacial score (nSPS) is 11.9. The van der Waals surface area contributed by atoms with Gasteiger partial charge in [0.25, 0.3) is 0 Å². The van der Waals surface area contributed by atoms with Gasteiger partial charge >= 0.3 is 5.69 Å². The zero-order valence-corrected chi connectivity index (χ0v) is 8.88. The van der Waals surface area contributed by atoms with Gasteiger partial charge in [0, 0.05) is 13.2 Å². The third-order valence-corrected chi connectivity index (χ3v) is 1.96. The van der Waals surface area contributed by atoms with Crippen molar-refractivity contribution < 1.29 is 19.2 Å². The van der Waals surface area contributed by atoms with Crippen molar-refractivity contribution in [2.75, 3.05) is 7.11 Å². The van der Waals surface area contributed by atoms with Gasteiger partial charge < -0.3 is 9.47 Å². The molecule has 86 valence electrons. The molecule has 6 heteroatoms. The Morgan fingerprint density at radius 1 is 1.50 bits per heavy atom. The molecule has 0 saturated heterocycles. The molecule has 0 fully saturated rings. The van der Waals surface area contributed by atoms with E-state index in [1.165, 1.54) is 25.3 Å². The molecule has 0 spiro atoms. The SMILES string of the molecule is COC(C)Oc1c(C=O)cccc1[N+](=O)[O-]. The average molecular weight is 225 g/mol. The van der Waals surface area contributed by atoms with Crippen LogP contribution in [0.25, 0.3) is 0 Å². The van der Waals surface area contributed by atoms with Crippen molar-refractivity contribution in [1.29, 1.82) is 0 Å². The maximum absolute atomic E-state index is 10.7. The largest absolute Gasteiger partial charge is 0.457 e. The molecule has 1 aromatic carbocycles. The van der Waals surface area contributed by atoms with E-state index < -0.39 is 11.2 Å². The number of nitro benzene ring substituents is 1. The molecule has 0 N–H and O–H groups in total. The van der Waals surface area contributed by atoms with Crippen LogP contribution >= 0.6 is 0 Å². The van der Waals surface area contributed by atoms with Gasteiger partial charge in [0.05, 0.1) is 10.5 Å². The van der Waals surface area contributed by atoms with E-state index >= 15 is 0 Å². The van der Waals surface area contributed by atoms with Crippen LogP contribution in [-0.4, -0.2) is 24.6 Å².